The van der Waals surface area contributed by atoms with Crippen LogP contribution in [-0.4, -0.2) is 82.1 Å². The zero-order valence-electron chi connectivity index (χ0n) is 47.7. The van der Waals surface area contributed by atoms with E-state index in [9.17, 15) is 14.4 Å². The van der Waals surface area contributed by atoms with E-state index in [1.165, 1.54) is 30.7 Å². The van der Waals surface area contributed by atoms with E-state index >= 15 is 4.39 Å². The zero-order valence-corrected chi connectivity index (χ0v) is 48.6. The van der Waals surface area contributed by atoms with Crippen LogP contribution >= 0.6 is 11.3 Å². The van der Waals surface area contributed by atoms with Crippen molar-refractivity contribution in [1.82, 2.24) is 4.98 Å². The van der Waals surface area contributed by atoms with Gasteiger partial charge in [0.25, 0.3) is 0 Å². The molecule has 2 heterocycles. The minimum absolute atomic E-state index is 0.0392. The molecule has 0 N–H and O–H groups in total. The number of halogens is 1. The highest BCUT2D eigenvalue weighted by Gasteiger charge is 2.28. The van der Waals surface area contributed by atoms with Gasteiger partial charge in [-0.25, -0.2) is 24.0 Å². The Bertz CT molecular complexity index is 3550. The number of esters is 3. The Morgan fingerprint density at radius 2 is 1.44 bits per heavy atom. The Kier molecular flexibility index (Phi) is 21.7. The summed E-state index contributed by atoms with van der Waals surface area (Å²) in [5.41, 5.74) is 2.38. The van der Waals surface area contributed by atoms with Crippen molar-refractivity contribution in [1.29, 1.82) is 0 Å². The molecule has 0 radical (unpaired) electrons. The molecule has 0 bridgehead atoms. The maximum atomic E-state index is 17.7. The molecule has 0 saturated carbocycles. The van der Waals surface area contributed by atoms with Crippen LogP contribution in [0.1, 0.15) is 105 Å². The van der Waals surface area contributed by atoms with Crippen molar-refractivity contribution in [2.45, 2.75) is 97.4 Å². The number of benzene rings is 7. The number of carbonyl (C=O) groups is 3. The van der Waals surface area contributed by atoms with Gasteiger partial charge in [0.2, 0.25) is 5.13 Å². The van der Waals surface area contributed by atoms with Crippen molar-refractivity contribution in [3.8, 4) is 34.5 Å². The monoisotopic (exact) mass is 1160 g/mol. The number of thiazole rings is 1. The van der Waals surface area contributed by atoms with Crippen molar-refractivity contribution >= 4 is 72.4 Å². The molecular formula is C67H70FN3O12S. The molecule has 1 unspecified atom stereocenters. The van der Waals surface area contributed by atoms with Gasteiger partial charge in [-0.1, -0.05) is 111 Å². The summed E-state index contributed by atoms with van der Waals surface area (Å²) < 4.78 is 70.4. The molecule has 8 aromatic rings. The summed E-state index contributed by atoms with van der Waals surface area (Å²) in [5.74, 6) is -0.830. The van der Waals surface area contributed by atoms with Crippen LogP contribution in [0.15, 0.2) is 145 Å². The number of hydrogen-bond donors (Lipinski definition) is 0. The van der Waals surface area contributed by atoms with Crippen LogP contribution in [0.3, 0.4) is 0 Å². The second-order valence-corrected chi connectivity index (χ2v) is 21.3. The number of unbranched alkanes of at least 4 members (excludes halogenated alkanes) is 6. The summed E-state index contributed by atoms with van der Waals surface area (Å²) in [6, 6.07) is 38.6. The quantitative estimate of drug-likeness (QED) is 0.00725. The van der Waals surface area contributed by atoms with Crippen LogP contribution in [-0.2, 0) is 36.8 Å². The summed E-state index contributed by atoms with van der Waals surface area (Å²) in [4.78, 5) is 44.9. The highest BCUT2D eigenvalue weighted by atomic mass is 32.1. The molecule has 1 aliphatic heterocycles. The van der Waals surface area contributed by atoms with Gasteiger partial charge in [-0.3, -0.25) is 4.79 Å². The van der Waals surface area contributed by atoms with Crippen LogP contribution in [0.25, 0.3) is 31.8 Å². The highest BCUT2D eigenvalue weighted by molar-refractivity contribution is 7.22. The third kappa shape index (κ3) is 16.9. The predicted molar refractivity (Wildman–Crippen MR) is 325 cm³/mol. The van der Waals surface area contributed by atoms with E-state index in [4.69, 9.17) is 52.7 Å². The Balaban J connectivity index is 0.905. The number of carbonyl (C=O) groups excluding carboxylic acids is 3. The molecule has 15 nitrogen and oxygen atoms in total. The third-order valence-electron chi connectivity index (χ3n) is 13.8. The van der Waals surface area contributed by atoms with Crippen molar-refractivity contribution in [2.75, 3.05) is 51.7 Å². The molecule has 9 rings (SSSR count). The maximum absolute atomic E-state index is 17.7. The first-order chi connectivity index (χ1) is 41.0. The number of anilines is 1. The number of rotatable bonds is 33. The van der Waals surface area contributed by atoms with Gasteiger partial charge in [-0.05, 0) is 122 Å². The van der Waals surface area contributed by atoms with Crippen molar-refractivity contribution in [3.05, 3.63) is 168 Å². The van der Waals surface area contributed by atoms with Gasteiger partial charge in [0.15, 0.2) is 29.4 Å². The topological polar surface area (TPSA) is 166 Å². The molecule has 17 heteroatoms. The second-order valence-electron chi connectivity index (χ2n) is 20.3. The molecule has 84 heavy (non-hydrogen) atoms. The largest absolute Gasteiger partial charge is 0.494 e. The molecule has 7 aromatic carbocycles. The predicted octanol–water partition coefficient (Wildman–Crippen LogP) is 14.7. The lowest BCUT2D eigenvalue weighted by Crippen LogP contribution is -2.19. The minimum Gasteiger partial charge on any atom is -0.494 e. The van der Waals surface area contributed by atoms with Crippen molar-refractivity contribution < 1.29 is 61.4 Å². The molecule has 1 saturated heterocycles. The Morgan fingerprint density at radius 1 is 0.738 bits per heavy atom. The Morgan fingerprint density at radius 3 is 2.23 bits per heavy atom. The number of epoxide rings is 1. The van der Waals surface area contributed by atoms with E-state index < -0.39 is 17.8 Å². The minimum atomic E-state index is -0.997. The average molecular weight is 1160 g/mol. The lowest BCUT2D eigenvalue weighted by molar-refractivity contribution is -0.139. The van der Waals surface area contributed by atoms with Crippen molar-refractivity contribution in [3.63, 3.8) is 0 Å². The first-order valence-electron chi connectivity index (χ1n) is 28.6. The second kappa shape index (κ2) is 30.3. The van der Waals surface area contributed by atoms with E-state index in [1.54, 1.807) is 48.3 Å². The van der Waals surface area contributed by atoms with Crippen LogP contribution in [0.4, 0.5) is 9.52 Å². The van der Waals surface area contributed by atoms with Crippen LogP contribution in [0.5, 0.6) is 34.5 Å². The smallest absolute Gasteiger partial charge is 0.347 e. The van der Waals surface area contributed by atoms with E-state index in [0.29, 0.717) is 73.6 Å². The summed E-state index contributed by atoms with van der Waals surface area (Å²) in [7, 11) is 1.48. The number of hydrazone groups is 1. The Labute approximate surface area is 492 Å². The van der Waals surface area contributed by atoms with Crippen LogP contribution in [0.2, 0.25) is 0 Å². The Hall–Kier alpha value is -8.38. The number of aromatic nitrogens is 1. The number of para-hydroxylation sites is 1. The van der Waals surface area contributed by atoms with Crippen LogP contribution in [0, 0.1) is 5.82 Å². The van der Waals surface area contributed by atoms with Gasteiger partial charge in [-0.2, -0.15) is 5.10 Å². The van der Waals surface area contributed by atoms with E-state index in [-0.39, 0.29) is 59.0 Å². The molecule has 1 aliphatic rings. The van der Waals surface area contributed by atoms with Gasteiger partial charge >= 0.3 is 17.9 Å². The fourth-order valence-corrected chi connectivity index (χ4v) is 10.2. The number of nitrogens with zero attached hydrogens (tertiary/aromatic N) is 3. The normalized spacial score (nSPS) is 12.8. The summed E-state index contributed by atoms with van der Waals surface area (Å²) >= 11 is 1.46. The van der Waals surface area contributed by atoms with E-state index in [1.807, 2.05) is 84.9 Å². The summed E-state index contributed by atoms with van der Waals surface area (Å²) in [6.07, 6.45) is 9.52. The van der Waals surface area contributed by atoms with Gasteiger partial charge in [0.1, 0.15) is 36.0 Å². The lowest BCUT2D eigenvalue weighted by atomic mass is 9.98. The molecule has 1 fully saturated rings. The van der Waals surface area contributed by atoms with Crippen molar-refractivity contribution in [2.24, 2.45) is 5.10 Å². The molecule has 0 aliphatic carbocycles. The fourth-order valence-electron chi connectivity index (χ4n) is 9.21. The highest BCUT2D eigenvalue weighted by Crippen LogP contribution is 2.38. The number of methoxy groups -OCH3 is 1. The maximum Gasteiger partial charge on any atom is 0.347 e. The molecule has 1 aromatic heterocycles. The fraction of sp³-hybridized carbons (Fsp3) is 0.328. The third-order valence-corrected chi connectivity index (χ3v) is 14.9. The first kappa shape index (κ1) is 60.2. The first-order valence-corrected chi connectivity index (χ1v) is 29.4. The van der Waals surface area contributed by atoms with Gasteiger partial charge in [-0.15, -0.1) is 0 Å². The van der Waals surface area contributed by atoms with E-state index in [2.05, 4.69) is 13.5 Å². The number of ether oxygens (including phenoxy) is 9. The molecular weight excluding hydrogens is 1090 g/mol. The molecule has 0 spiro atoms. The molecule has 0 amide bonds. The SMILES string of the molecule is C=C(C)C(=O)OCCCCCCOc1ccc(CCC(=O)Oc2c(/C=N/N(CCCCCC)c3nc4ccccc4s3)c(F)c(C(=O)Oc3ccc(OCc4ccc5cc(OCCCOC6CO6)ccc5c4)c(OC)c3)c3ccccc23)cc1. The lowest BCUT2D eigenvalue weighted by Gasteiger charge is -2.18. The molecule has 1 atom stereocenters. The zero-order chi connectivity index (χ0) is 58.6. The summed E-state index contributed by atoms with van der Waals surface area (Å²) in [6.45, 7) is 10.7. The van der Waals surface area contributed by atoms with E-state index in [0.717, 1.165) is 95.7 Å². The van der Waals surface area contributed by atoms with Gasteiger partial charge < -0.3 is 42.6 Å². The molecule has 438 valence electrons. The number of aryl methyl sites for hydroxylation is 1. The number of fused-ring (bicyclic) bond motifs is 3. The van der Waals surface area contributed by atoms with Crippen LogP contribution < -0.4 is 33.4 Å². The van der Waals surface area contributed by atoms with Gasteiger partial charge in [0, 0.05) is 41.8 Å². The van der Waals surface area contributed by atoms with Gasteiger partial charge in [0.05, 0.1) is 55.5 Å². The standard InChI is InChI=1S/C67H70FN3O12S/c1-5-6-7-14-34-71(67-70-56-20-12-13-21-59(56)84-67)69-42-55-63(68)62(53-18-10-11-19-54(53)64(55)83-60(72)33-25-46-23-28-50(29-24-46)76-35-15-8-9-16-36-79-65(73)45(2)3)66(74)82-52-31-32-57(58(41-52)75-4)80-43-47-22-26-49-40-51(30-27-48(49)39-47)77-37-17-38-78-61-44-81-61/h10-13,18-24,26-32,39-42,61H,2,5-9,14-17,25,33-38,43-44H2,1,3-4H3/b69-42+. The number of hydrogen-bond acceptors (Lipinski definition) is 16. The average Bonchev–Trinajstić information content (AvgIpc) is 2.91. The summed E-state index contributed by atoms with van der Waals surface area (Å²) in [5, 5.41) is 9.68.